The van der Waals surface area contributed by atoms with Gasteiger partial charge >= 0.3 is 6.01 Å². The van der Waals surface area contributed by atoms with E-state index < -0.39 is 11.7 Å². The highest BCUT2D eigenvalue weighted by atomic mass is 35.5. The highest BCUT2D eigenvalue weighted by Crippen LogP contribution is 2.30. The van der Waals surface area contributed by atoms with Gasteiger partial charge in [0.25, 0.3) is 11.8 Å². The molecule has 0 aliphatic carbocycles. The van der Waals surface area contributed by atoms with E-state index in [0.29, 0.717) is 15.6 Å². The number of rotatable bonds is 3. The quantitative estimate of drug-likeness (QED) is 0.757. The zero-order valence-electron chi connectivity index (χ0n) is 11.4. The molecule has 0 saturated heterocycles. The number of carbonyl (C=O) groups is 1. The van der Waals surface area contributed by atoms with Crippen LogP contribution in [0.4, 0.5) is 10.4 Å². The summed E-state index contributed by atoms with van der Waals surface area (Å²) >= 11 is 11.9. The SMILES string of the molecule is O=C(Nc1nnc(-c2cc(Cl)ccc2Cl)o1)c1cccc(F)c1. The van der Waals surface area contributed by atoms with Crippen LogP contribution in [-0.4, -0.2) is 16.1 Å². The molecule has 0 fully saturated rings. The molecule has 5 nitrogen and oxygen atoms in total. The Balaban J connectivity index is 1.82. The molecule has 3 aromatic rings. The van der Waals surface area contributed by atoms with Gasteiger partial charge in [-0.1, -0.05) is 34.4 Å². The van der Waals surface area contributed by atoms with Crippen molar-refractivity contribution >= 4 is 35.1 Å². The minimum absolute atomic E-state index is 0.104. The molecule has 1 heterocycles. The van der Waals surface area contributed by atoms with Gasteiger partial charge in [0.15, 0.2) is 0 Å². The van der Waals surface area contributed by atoms with E-state index >= 15 is 0 Å². The molecule has 0 spiro atoms. The third-order valence-corrected chi connectivity index (χ3v) is 3.46. The Labute approximate surface area is 140 Å². The summed E-state index contributed by atoms with van der Waals surface area (Å²) in [7, 11) is 0. The second-order valence-corrected chi connectivity index (χ2v) is 5.34. The molecule has 0 radical (unpaired) electrons. The van der Waals surface area contributed by atoms with Crippen molar-refractivity contribution in [3.8, 4) is 11.5 Å². The standard InChI is InChI=1S/C15H8Cl2FN3O2/c16-9-4-5-12(17)11(7-9)14-20-21-15(23-14)19-13(22)8-2-1-3-10(18)6-8/h1-7H,(H,19,21,22). The summed E-state index contributed by atoms with van der Waals surface area (Å²) < 4.78 is 18.5. The number of nitrogens with one attached hydrogen (secondary N) is 1. The van der Waals surface area contributed by atoms with Crippen molar-refractivity contribution in [2.24, 2.45) is 0 Å². The second kappa shape index (κ2) is 6.36. The molecule has 1 N–H and O–H groups in total. The first-order valence-electron chi connectivity index (χ1n) is 6.39. The number of nitrogens with zero attached hydrogens (tertiary/aromatic N) is 2. The zero-order valence-corrected chi connectivity index (χ0v) is 12.9. The molecule has 1 amide bonds. The van der Waals surface area contributed by atoms with Crippen LogP contribution in [0.1, 0.15) is 10.4 Å². The average molecular weight is 352 g/mol. The van der Waals surface area contributed by atoms with Crippen molar-refractivity contribution in [2.45, 2.75) is 0 Å². The Morgan fingerprint density at radius 2 is 1.96 bits per heavy atom. The van der Waals surface area contributed by atoms with Gasteiger partial charge < -0.3 is 4.42 Å². The lowest BCUT2D eigenvalue weighted by atomic mass is 10.2. The van der Waals surface area contributed by atoms with E-state index in [1.807, 2.05) is 0 Å². The molecule has 0 aliphatic heterocycles. The fourth-order valence-electron chi connectivity index (χ4n) is 1.84. The van der Waals surface area contributed by atoms with Gasteiger partial charge in [-0.15, -0.1) is 5.10 Å². The fraction of sp³-hybridized carbons (Fsp3) is 0. The maximum Gasteiger partial charge on any atom is 0.322 e. The lowest BCUT2D eigenvalue weighted by Gasteiger charge is -2.01. The van der Waals surface area contributed by atoms with Gasteiger partial charge in [0.1, 0.15) is 5.82 Å². The van der Waals surface area contributed by atoms with Crippen molar-refractivity contribution in [3.05, 3.63) is 63.9 Å². The van der Waals surface area contributed by atoms with Gasteiger partial charge in [0, 0.05) is 10.6 Å². The molecule has 0 atom stereocenters. The van der Waals surface area contributed by atoms with Gasteiger partial charge in [0.2, 0.25) is 0 Å². The molecule has 0 saturated carbocycles. The first kappa shape index (κ1) is 15.5. The fourth-order valence-corrected chi connectivity index (χ4v) is 2.21. The smallest absolute Gasteiger partial charge is 0.322 e. The molecule has 8 heteroatoms. The van der Waals surface area contributed by atoms with Crippen molar-refractivity contribution < 1.29 is 13.6 Å². The van der Waals surface area contributed by atoms with Gasteiger partial charge in [-0.3, -0.25) is 10.1 Å². The first-order valence-corrected chi connectivity index (χ1v) is 7.14. The van der Waals surface area contributed by atoms with Crippen molar-refractivity contribution in [3.63, 3.8) is 0 Å². The average Bonchev–Trinajstić information content (AvgIpc) is 2.98. The van der Waals surface area contributed by atoms with E-state index in [2.05, 4.69) is 15.5 Å². The summed E-state index contributed by atoms with van der Waals surface area (Å²) in [6.45, 7) is 0. The molecule has 116 valence electrons. The largest absolute Gasteiger partial charge is 0.403 e. The molecule has 0 bridgehead atoms. The number of carbonyl (C=O) groups excluding carboxylic acids is 1. The third kappa shape index (κ3) is 3.49. The van der Waals surface area contributed by atoms with E-state index in [0.717, 1.165) is 6.07 Å². The lowest BCUT2D eigenvalue weighted by Crippen LogP contribution is -2.12. The summed E-state index contributed by atoms with van der Waals surface area (Å²) in [5.74, 6) is -0.987. The highest BCUT2D eigenvalue weighted by molar-refractivity contribution is 6.35. The highest BCUT2D eigenvalue weighted by Gasteiger charge is 2.15. The summed E-state index contributed by atoms with van der Waals surface area (Å²) in [6.07, 6.45) is 0. The number of hydrogen-bond acceptors (Lipinski definition) is 4. The van der Waals surface area contributed by atoms with Gasteiger partial charge in [0.05, 0.1) is 10.6 Å². The monoisotopic (exact) mass is 351 g/mol. The maximum atomic E-state index is 13.1. The maximum absolute atomic E-state index is 13.1. The summed E-state index contributed by atoms with van der Waals surface area (Å²) in [5.41, 5.74) is 0.573. The van der Waals surface area contributed by atoms with E-state index in [4.69, 9.17) is 27.6 Å². The molecule has 1 aromatic heterocycles. The van der Waals surface area contributed by atoms with E-state index in [1.54, 1.807) is 18.2 Å². The normalized spacial score (nSPS) is 10.6. The molecule has 3 rings (SSSR count). The van der Waals surface area contributed by atoms with Crippen LogP contribution in [0.3, 0.4) is 0 Å². The summed E-state index contributed by atoms with van der Waals surface area (Å²) in [6, 6.07) is 9.87. The van der Waals surface area contributed by atoms with Crippen molar-refractivity contribution in [2.75, 3.05) is 5.32 Å². The second-order valence-electron chi connectivity index (χ2n) is 4.50. The van der Waals surface area contributed by atoms with E-state index in [1.165, 1.54) is 18.2 Å². The molecule has 23 heavy (non-hydrogen) atoms. The number of anilines is 1. The first-order chi connectivity index (χ1) is 11.0. The number of hydrogen-bond donors (Lipinski definition) is 1. The lowest BCUT2D eigenvalue weighted by molar-refractivity contribution is 0.102. The van der Waals surface area contributed by atoms with Gasteiger partial charge in [-0.25, -0.2) is 4.39 Å². The Hall–Kier alpha value is -2.44. The van der Waals surface area contributed by atoms with Gasteiger partial charge in [-0.05, 0) is 36.4 Å². The van der Waals surface area contributed by atoms with Crippen LogP contribution >= 0.6 is 23.2 Å². The topological polar surface area (TPSA) is 68.0 Å². The Morgan fingerprint density at radius 3 is 2.74 bits per heavy atom. The Morgan fingerprint density at radius 1 is 1.13 bits per heavy atom. The molecular weight excluding hydrogens is 344 g/mol. The number of halogens is 3. The van der Waals surface area contributed by atoms with Crippen LogP contribution in [0.5, 0.6) is 0 Å². The van der Waals surface area contributed by atoms with Crippen molar-refractivity contribution in [1.82, 2.24) is 10.2 Å². The van der Waals surface area contributed by atoms with Crippen LogP contribution in [0.2, 0.25) is 10.0 Å². The molecule has 0 unspecified atom stereocenters. The van der Waals surface area contributed by atoms with Crippen LogP contribution in [0, 0.1) is 5.82 Å². The predicted octanol–water partition coefficient (Wildman–Crippen LogP) is 4.43. The minimum Gasteiger partial charge on any atom is -0.403 e. The van der Waals surface area contributed by atoms with E-state index in [-0.39, 0.29) is 17.5 Å². The van der Waals surface area contributed by atoms with Crippen LogP contribution < -0.4 is 5.32 Å². The number of aromatic nitrogens is 2. The Kier molecular flexibility index (Phi) is 4.27. The third-order valence-electron chi connectivity index (χ3n) is 2.89. The van der Waals surface area contributed by atoms with Crippen molar-refractivity contribution in [1.29, 1.82) is 0 Å². The minimum atomic E-state index is -0.572. The molecule has 2 aromatic carbocycles. The number of amides is 1. The Bertz CT molecular complexity index is 883. The van der Waals surface area contributed by atoms with E-state index in [9.17, 15) is 9.18 Å². The molecular formula is C15H8Cl2FN3O2. The summed E-state index contributed by atoms with van der Waals surface area (Å²) in [4.78, 5) is 12.0. The number of benzene rings is 2. The predicted molar refractivity (Wildman–Crippen MR) is 84.1 cm³/mol. The van der Waals surface area contributed by atoms with Gasteiger partial charge in [-0.2, -0.15) is 0 Å². The zero-order chi connectivity index (χ0) is 16.4. The van der Waals surface area contributed by atoms with Crippen LogP contribution in [0.15, 0.2) is 46.9 Å². The molecule has 0 aliphatic rings. The summed E-state index contributed by atoms with van der Waals surface area (Å²) in [5, 5.41) is 10.7. The van der Waals surface area contributed by atoms with Crippen LogP contribution in [-0.2, 0) is 0 Å². The van der Waals surface area contributed by atoms with Crippen LogP contribution in [0.25, 0.3) is 11.5 Å².